The van der Waals surface area contributed by atoms with E-state index in [0.717, 1.165) is 11.1 Å². The van der Waals surface area contributed by atoms with E-state index in [2.05, 4.69) is 10.6 Å². The van der Waals surface area contributed by atoms with E-state index in [-0.39, 0.29) is 12.5 Å². The highest BCUT2D eigenvalue weighted by atomic mass is 35.5. The summed E-state index contributed by atoms with van der Waals surface area (Å²) < 4.78 is 17.1. The molecule has 2 aromatic rings. The first kappa shape index (κ1) is 24.0. The van der Waals surface area contributed by atoms with Gasteiger partial charge in [-0.3, -0.25) is 4.79 Å². The number of rotatable bonds is 7. The Kier molecular flexibility index (Phi) is 7.77. The molecule has 172 valence electrons. The van der Waals surface area contributed by atoms with Crippen LogP contribution in [-0.2, 0) is 31.2 Å². The Hall–Kier alpha value is -2.61. The Bertz CT molecular complexity index is 906. The molecular weight excluding hydrogens is 432 g/mol. The molecule has 8 heteroatoms. The Morgan fingerprint density at radius 2 is 1.69 bits per heavy atom. The fraction of sp³-hybridized carbons (Fsp3) is 0.417. The standard InChI is InChI=1S/C24H29ClN2O5/c1-23(2,3)32-22(29)27-20(15-17-7-5-4-6-8-17)21(28)26-16-24(30-13-14-31-24)18-9-11-19(25)12-10-18/h4-12,20H,13-16H2,1-3H3,(H,26,28)(H,27,29). The maximum absolute atomic E-state index is 13.1. The molecule has 2 N–H and O–H groups in total. The summed E-state index contributed by atoms with van der Waals surface area (Å²) in [4.78, 5) is 25.5. The summed E-state index contributed by atoms with van der Waals surface area (Å²) in [5, 5.41) is 6.15. The monoisotopic (exact) mass is 460 g/mol. The third-order valence-corrected chi connectivity index (χ3v) is 5.08. The molecule has 0 aromatic heterocycles. The zero-order valence-corrected chi connectivity index (χ0v) is 19.3. The van der Waals surface area contributed by atoms with Crippen LogP contribution >= 0.6 is 11.6 Å². The van der Waals surface area contributed by atoms with Crippen molar-refractivity contribution < 1.29 is 23.8 Å². The Morgan fingerprint density at radius 1 is 1.06 bits per heavy atom. The van der Waals surface area contributed by atoms with Crippen molar-refractivity contribution in [3.05, 3.63) is 70.7 Å². The minimum absolute atomic E-state index is 0.0781. The fourth-order valence-electron chi connectivity index (χ4n) is 3.36. The highest BCUT2D eigenvalue weighted by Crippen LogP contribution is 2.31. The van der Waals surface area contributed by atoms with Crippen molar-refractivity contribution in [1.29, 1.82) is 0 Å². The Balaban J connectivity index is 1.73. The molecule has 1 atom stereocenters. The molecule has 1 unspecified atom stereocenters. The van der Waals surface area contributed by atoms with Crippen LogP contribution in [0.3, 0.4) is 0 Å². The van der Waals surface area contributed by atoms with E-state index in [1.165, 1.54) is 0 Å². The fourth-order valence-corrected chi connectivity index (χ4v) is 3.49. The highest BCUT2D eigenvalue weighted by molar-refractivity contribution is 6.30. The van der Waals surface area contributed by atoms with Gasteiger partial charge in [-0.2, -0.15) is 0 Å². The molecule has 0 aliphatic carbocycles. The second-order valence-corrected chi connectivity index (χ2v) is 9.00. The van der Waals surface area contributed by atoms with Crippen LogP contribution in [0.25, 0.3) is 0 Å². The second kappa shape index (κ2) is 10.3. The van der Waals surface area contributed by atoms with Gasteiger partial charge in [0.05, 0.1) is 19.8 Å². The second-order valence-electron chi connectivity index (χ2n) is 8.56. The minimum Gasteiger partial charge on any atom is -0.444 e. The number of amides is 2. The molecule has 1 fully saturated rings. The smallest absolute Gasteiger partial charge is 0.408 e. The molecule has 3 rings (SSSR count). The maximum Gasteiger partial charge on any atom is 0.408 e. The predicted octanol–water partition coefficient (Wildman–Crippen LogP) is 3.79. The first-order valence-electron chi connectivity index (χ1n) is 10.5. The Morgan fingerprint density at radius 3 is 2.28 bits per heavy atom. The largest absolute Gasteiger partial charge is 0.444 e. The molecule has 32 heavy (non-hydrogen) atoms. The molecular formula is C24H29ClN2O5. The summed E-state index contributed by atoms with van der Waals surface area (Å²) in [6.07, 6.45) is -0.351. The van der Waals surface area contributed by atoms with Crippen molar-refractivity contribution in [1.82, 2.24) is 10.6 Å². The summed E-state index contributed by atoms with van der Waals surface area (Å²) in [6.45, 7) is 6.19. The molecule has 2 amide bonds. The summed E-state index contributed by atoms with van der Waals surface area (Å²) in [5.41, 5.74) is 0.978. The third-order valence-electron chi connectivity index (χ3n) is 4.82. The number of halogens is 1. The van der Waals surface area contributed by atoms with Crippen LogP contribution in [0, 0.1) is 0 Å². The molecule has 1 saturated heterocycles. The molecule has 1 aliphatic heterocycles. The van der Waals surface area contributed by atoms with Crippen molar-refractivity contribution in [3.63, 3.8) is 0 Å². The third kappa shape index (κ3) is 6.69. The first-order chi connectivity index (χ1) is 15.2. The van der Waals surface area contributed by atoms with Crippen molar-refractivity contribution in [2.45, 2.75) is 44.6 Å². The summed E-state index contributed by atoms with van der Waals surface area (Å²) >= 11 is 6.00. The van der Waals surface area contributed by atoms with Crippen molar-refractivity contribution in [2.75, 3.05) is 19.8 Å². The predicted molar refractivity (Wildman–Crippen MR) is 121 cm³/mol. The molecule has 1 aliphatic rings. The van der Waals surface area contributed by atoms with Gasteiger partial charge >= 0.3 is 6.09 Å². The molecule has 0 bridgehead atoms. The van der Waals surface area contributed by atoms with E-state index in [1.54, 1.807) is 45.0 Å². The van der Waals surface area contributed by atoms with Gasteiger partial charge in [0.1, 0.15) is 11.6 Å². The van der Waals surface area contributed by atoms with Crippen LogP contribution in [0.5, 0.6) is 0 Å². The van der Waals surface area contributed by atoms with Gasteiger partial charge in [0.15, 0.2) is 0 Å². The lowest BCUT2D eigenvalue weighted by molar-refractivity contribution is -0.165. The lowest BCUT2D eigenvalue weighted by atomic mass is 10.0. The zero-order valence-electron chi connectivity index (χ0n) is 18.5. The molecule has 0 spiro atoms. The lowest BCUT2D eigenvalue weighted by Gasteiger charge is -2.29. The number of benzene rings is 2. The van der Waals surface area contributed by atoms with E-state index in [4.69, 9.17) is 25.8 Å². The van der Waals surface area contributed by atoms with Crippen molar-refractivity contribution in [3.8, 4) is 0 Å². The normalized spacial score (nSPS) is 16.2. The molecule has 2 aromatic carbocycles. The van der Waals surface area contributed by atoms with Gasteiger partial charge in [0, 0.05) is 17.0 Å². The number of hydrogen-bond donors (Lipinski definition) is 2. The topological polar surface area (TPSA) is 85.9 Å². The molecule has 0 radical (unpaired) electrons. The number of hydrogen-bond acceptors (Lipinski definition) is 5. The summed E-state index contributed by atoms with van der Waals surface area (Å²) in [5.74, 6) is -1.48. The van der Waals surface area contributed by atoms with Crippen LogP contribution in [0.4, 0.5) is 4.79 Å². The molecule has 7 nitrogen and oxygen atoms in total. The lowest BCUT2D eigenvalue weighted by Crippen LogP contribution is -2.52. The number of carbonyl (C=O) groups excluding carboxylic acids is 2. The van der Waals surface area contributed by atoms with Gasteiger partial charge in [-0.05, 0) is 38.5 Å². The Labute approximate surface area is 193 Å². The number of ether oxygens (including phenoxy) is 3. The highest BCUT2D eigenvalue weighted by Gasteiger charge is 2.39. The van der Waals surface area contributed by atoms with Crippen LogP contribution < -0.4 is 10.6 Å². The van der Waals surface area contributed by atoms with E-state index in [0.29, 0.717) is 24.7 Å². The maximum atomic E-state index is 13.1. The van der Waals surface area contributed by atoms with E-state index < -0.39 is 23.5 Å². The van der Waals surface area contributed by atoms with Gasteiger partial charge in [-0.1, -0.05) is 54.1 Å². The average Bonchev–Trinajstić information content (AvgIpc) is 3.21. The molecule has 0 saturated carbocycles. The van der Waals surface area contributed by atoms with Gasteiger partial charge in [-0.25, -0.2) is 4.79 Å². The van der Waals surface area contributed by atoms with Crippen LogP contribution in [0.2, 0.25) is 5.02 Å². The van der Waals surface area contributed by atoms with E-state index in [1.807, 2.05) is 30.3 Å². The quantitative estimate of drug-likeness (QED) is 0.656. The van der Waals surface area contributed by atoms with Crippen LogP contribution in [0.15, 0.2) is 54.6 Å². The van der Waals surface area contributed by atoms with Gasteiger partial charge < -0.3 is 24.8 Å². The molecule has 1 heterocycles. The zero-order chi connectivity index (χ0) is 23.2. The van der Waals surface area contributed by atoms with Crippen molar-refractivity contribution >= 4 is 23.6 Å². The van der Waals surface area contributed by atoms with E-state index >= 15 is 0 Å². The minimum atomic E-state index is -1.11. The first-order valence-corrected chi connectivity index (χ1v) is 10.9. The van der Waals surface area contributed by atoms with Gasteiger partial charge in [0.2, 0.25) is 11.7 Å². The van der Waals surface area contributed by atoms with Gasteiger partial charge in [0.25, 0.3) is 0 Å². The summed E-state index contributed by atoms with van der Waals surface area (Å²) in [7, 11) is 0. The average molecular weight is 461 g/mol. The van der Waals surface area contributed by atoms with E-state index in [9.17, 15) is 9.59 Å². The number of carbonyl (C=O) groups is 2. The SMILES string of the molecule is CC(C)(C)OC(=O)NC(Cc1ccccc1)C(=O)NCC1(c2ccc(Cl)cc2)OCCO1. The van der Waals surface area contributed by atoms with Crippen LogP contribution in [0.1, 0.15) is 31.9 Å². The van der Waals surface area contributed by atoms with Gasteiger partial charge in [-0.15, -0.1) is 0 Å². The number of alkyl carbamates (subject to hydrolysis) is 1. The number of nitrogens with one attached hydrogen (secondary N) is 2. The summed E-state index contributed by atoms with van der Waals surface area (Å²) in [6, 6.07) is 15.7. The van der Waals surface area contributed by atoms with Crippen LogP contribution in [-0.4, -0.2) is 43.4 Å². The van der Waals surface area contributed by atoms with Crippen molar-refractivity contribution in [2.24, 2.45) is 0 Å².